The number of benzene rings is 1. The summed E-state index contributed by atoms with van der Waals surface area (Å²) in [5, 5.41) is 2.88. The quantitative estimate of drug-likeness (QED) is 0.782. The number of likely N-dealkylation sites (tertiary alicyclic amines) is 1. The molecule has 0 aromatic heterocycles. The third kappa shape index (κ3) is 6.78. The maximum absolute atomic E-state index is 12.9. The normalized spacial score (nSPS) is 23.8. The molecule has 2 aliphatic rings. The highest BCUT2D eigenvalue weighted by Gasteiger charge is 2.27. The Morgan fingerprint density at radius 2 is 1.52 bits per heavy atom. The van der Waals surface area contributed by atoms with Crippen LogP contribution < -0.4 is 5.32 Å². The summed E-state index contributed by atoms with van der Waals surface area (Å²) in [6, 6.07) is 6.14. The van der Waals surface area contributed by atoms with E-state index in [2.05, 4.69) is 29.0 Å². The zero-order chi connectivity index (χ0) is 20.8. The number of hydrogen-bond acceptors (Lipinski definition) is 4. The van der Waals surface area contributed by atoms with E-state index in [9.17, 15) is 14.0 Å². The van der Waals surface area contributed by atoms with Gasteiger partial charge in [0.25, 0.3) is 0 Å². The number of amides is 2. The Morgan fingerprint density at radius 3 is 2.10 bits per heavy atom. The van der Waals surface area contributed by atoms with Crippen molar-refractivity contribution in [2.24, 2.45) is 11.8 Å². The van der Waals surface area contributed by atoms with Crippen molar-refractivity contribution in [3.63, 3.8) is 0 Å². The molecule has 2 heterocycles. The van der Waals surface area contributed by atoms with E-state index in [4.69, 9.17) is 0 Å². The van der Waals surface area contributed by atoms with Crippen molar-refractivity contribution in [1.29, 1.82) is 0 Å². The van der Waals surface area contributed by atoms with Crippen LogP contribution in [-0.2, 0) is 16.1 Å². The smallest absolute Gasteiger partial charge is 0.236 e. The Hall–Kier alpha value is -1.99. The molecule has 0 unspecified atom stereocenters. The Morgan fingerprint density at radius 1 is 0.966 bits per heavy atom. The van der Waals surface area contributed by atoms with Gasteiger partial charge in [0, 0.05) is 45.8 Å². The third-order valence-electron chi connectivity index (χ3n) is 5.82. The monoisotopic (exact) mass is 404 g/mol. The minimum Gasteiger partial charge on any atom is -0.351 e. The van der Waals surface area contributed by atoms with Gasteiger partial charge in [-0.2, -0.15) is 0 Å². The van der Waals surface area contributed by atoms with Gasteiger partial charge in [-0.3, -0.25) is 19.4 Å². The fourth-order valence-corrected chi connectivity index (χ4v) is 4.33. The van der Waals surface area contributed by atoms with Gasteiger partial charge in [-0.1, -0.05) is 26.0 Å². The number of piperazine rings is 1. The van der Waals surface area contributed by atoms with Crippen LogP contribution in [0.4, 0.5) is 4.39 Å². The molecular formula is C22H33FN4O2. The Kier molecular flexibility index (Phi) is 7.61. The molecule has 1 aromatic carbocycles. The molecule has 2 atom stereocenters. The van der Waals surface area contributed by atoms with Gasteiger partial charge >= 0.3 is 0 Å². The lowest BCUT2D eigenvalue weighted by Crippen LogP contribution is -2.53. The highest BCUT2D eigenvalue weighted by molar-refractivity contribution is 5.78. The van der Waals surface area contributed by atoms with E-state index in [1.807, 2.05) is 4.90 Å². The number of carbonyl (C=O) groups is 2. The van der Waals surface area contributed by atoms with Crippen LogP contribution in [0.15, 0.2) is 24.3 Å². The van der Waals surface area contributed by atoms with Gasteiger partial charge in [-0.15, -0.1) is 0 Å². The van der Waals surface area contributed by atoms with Gasteiger partial charge < -0.3 is 10.2 Å². The molecule has 2 fully saturated rings. The van der Waals surface area contributed by atoms with Gasteiger partial charge in [0.15, 0.2) is 0 Å². The molecule has 1 N–H and O–H groups in total. The standard InChI is InChI=1S/C22H33FN4O2/c1-17-11-18(2)14-27(13-17)22(29)16-26-9-7-25(8-10-26)15-21(28)24-12-19-3-5-20(23)6-4-19/h3-6,17-18H,7-16H2,1-2H3,(H,24,28)/t17-,18+. The van der Waals surface area contributed by atoms with Crippen LogP contribution in [-0.4, -0.2) is 78.9 Å². The van der Waals surface area contributed by atoms with Gasteiger partial charge in [0.05, 0.1) is 13.1 Å². The number of carbonyl (C=O) groups excluding carboxylic acids is 2. The van der Waals surface area contributed by atoms with E-state index in [1.165, 1.54) is 18.6 Å². The van der Waals surface area contributed by atoms with Crippen molar-refractivity contribution in [1.82, 2.24) is 20.0 Å². The molecule has 2 aliphatic heterocycles. The number of nitrogens with zero attached hydrogens (tertiary/aromatic N) is 3. The highest BCUT2D eigenvalue weighted by Crippen LogP contribution is 2.21. The van der Waals surface area contributed by atoms with Gasteiger partial charge in [-0.05, 0) is 36.0 Å². The molecule has 29 heavy (non-hydrogen) atoms. The van der Waals surface area contributed by atoms with E-state index in [-0.39, 0.29) is 17.6 Å². The molecule has 0 saturated carbocycles. The summed E-state index contributed by atoms with van der Waals surface area (Å²) in [5.41, 5.74) is 0.879. The molecule has 3 rings (SSSR count). The van der Waals surface area contributed by atoms with E-state index < -0.39 is 0 Å². The summed E-state index contributed by atoms with van der Waals surface area (Å²) in [5.74, 6) is 1.07. The minimum atomic E-state index is -0.277. The molecule has 0 radical (unpaired) electrons. The minimum absolute atomic E-state index is 0.0323. The number of nitrogens with one attached hydrogen (secondary N) is 1. The predicted octanol–water partition coefficient (Wildman–Crippen LogP) is 1.56. The maximum Gasteiger partial charge on any atom is 0.236 e. The van der Waals surface area contributed by atoms with Crippen LogP contribution in [0.2, 0.25) is 0 Å². The number of halogens is 1. The number of hydrogen-bond donors (Lipinski definition) is 1. The second kappa shape index (κ2) is 10.2. The van der Waals surface area contributed by atoms with Crippen molar-refractivity contribution in [2.75, 3.05) is 52.4 Å². The summed E-state index contributed by atoms with van der Waals surface area (Å²) in [4.78, 5) is 31.2. The van der Waals surface area contributed by atoms with Gasteiger partial charge in [-0.25, -0.2) is 4.39 Å². The molecular weight excluding hydrogens is 371 g/mol. The molecule has 0 spiro atoms. The molecule has 2 saturated heterocycles. The van der Waals surface area contributed by atoms with Gasteiger partial charge in [0.1, 0.15) is 5.82 Å². The van der Waals surface area contributed by atoms with Gasteiger partial charge in [0.2, 0.25) is 11.8 Å². The summed E-state index contributed by atoms with van der Waals surface area (Å²) < 4.78 is 12.9. The Bertz CT molecular complexity index is 679. The van der Waals surface area contributed by atoms with E-state index >= 15 is 0 Å². The van der Waals surface area contributed by atoms with Crippen molar-refractivity contribution < 1.29 is 14.0 Å². The van der Waals surface area contributed by atoms with Crippen LogP contribution in [0, 0.1) is 17.7 Å². The SMILES string of the molecule is C[C@@H]1C[C@H](C)CN(C(=O)CN2CCN(CC(=O)NCc3ccc(F)cc3)CC2)C1. The lowest BCUT2D eigenvalue weighted by atomic mass is 9.92. The first-order chi connectivity index (χ1) is 13.9. The fourth-order valence-electron chi connectivity index (χ4n) is 4.33. The Balaban J connectivity index is 1.35. The largest absolute Gasteiger partial charge is 0.351 e. The van der Waals surface area contributed by atoms with E-state index in [0.29, 0.717) is 31.5 Å². The van der Waals surface area contributed by atoms with Crippen molar-refractivity contribution in [3.05, 3.63) is 35.6 Å². The second-order valence-corrected chi connectivity index (χ2v) is 8.70. The first kappa shape index (κ1) is 21.7. The third-order valence-corrected chi connectivity index (χ3v) is 5.82. The molecule has 2 amide bonds. The predicted molar refractivity (Wildman–Crippen MR) is 111 cm³/mol. The summed E-state index contributed by atoms with van der Waals surface area (Å²) in [6.07, 6.45) is 1.20. The molecule has 7 heteroatoms. The zero-order valence-corrected chi connectivity index (χ0v) is 17.6. The lowest BCUT2D eigenvalue weighted by molar-refractivity contribution is -0.135. The van der Waals surface area contributed by atoms with Crippen LogP contribution >= 0.6 is 0 Å². The molecule has 0 aliphatic carbocycles. The topological polar surface area (TPSA) is 55.9 Å². The Labute approximate surface area is 173 Å². The molecule has 160 valence electrons. The van der Waals surface area contributed by atoms with Crippen LogP contribution in [0.25, 0.3) is 0 Å². The van der Waals surface area contributed by atoms with Crippen molar-refractivity contribution >= 4 is 11.8 Å². The van der Waals surface area contributed by atoms with E-state index in [1.54, 1.807) is 12.1 Å². The summed E-state index contributed by atoms with van der Waals surface area (Å²) in [7, 11) is 0. The summed E-state index contributed by atoms with van der Waals surface area (Å²) >= 11 is 0. The van der Waals surface area contributed by atoms with Crippen molar-refractivity contribution in [3.8, 4) is 0 Å². The summed E-state index contributed by atoms with van der Waals surface area (Å²) in [6.45, 7) is 10.6. The van der Waals surface area contributed by atoms with E-state index in [0.717, 1.165) is 44.8 Å². The fraction of sp³-hybridized carbons (Fsp3) is 0.636. The molecule has 1 aromatic rings. The zero-order valence-electron chi connectivity index (χ0n) is 17.6. The van der Waals surface area contributed by atoms with Crippen LogP contribution in [0.5, 0.6) is 0 Å². The average molecular weight is 405 g/mol. The first-order valence-corrected chi connectivity index (χ1v) is 10.6. The average Bonchev–Trinajstić information content (AvgIpc) is 2.68. The molecule has 0 bridgehead atoms. The van der Waals surface area contributed by atoms with Crippen molar-refractivity contribution in [2.45, 2.75) is 26.8 Å². The van der Waals surface area contributed by atoms with Crippen LogP contribution in [0.3, 0.4) is 0 Å². The number of rotatable bonds is 6. The second-order valence-electron chi connectivity index (χ2n) is 8.70. The van der Waals surface area contributed by atoms with Crippen LogP contribution in [0.1, 0.15) is 25.8 Å². The lowest BCUT2D eigenvalue weighted by Gasteiger charge is -2.38. The maximum atomic E-state index is 12.9. The number of piperidine rings is 1. The molecule has 6 nitrogen and oxygen atoms in total. The first-order valence-electron chi connectivity index (χ1n) is 10.6. The highest BCUT2D eigenvalue weighted by atomic mass is 19.1.